The van der Waals surface area contributed by atoms with Crippen LogP contribution in [0.15, 0.2) is 30.3 Å². The summed E-state index contributed by atoms with van der Waals surface area (Å²) in [7, 11) is 0. The first-order valence-corrected chi connectivity index (χ1v) is 6.77. The van der Waals surface area contributed by atoms with Gasteiger partial charge < -0.3 is 11.1 Å². The summed E-state index contributed by atoms with van der Waals surface area (Å²) in [6.07, 6.45) is 0. The summed E-state index contributed by atoms with van der Waals surface area (Å²) in [5.74, 6) is -0.292. The number of halogens is 4. The zero-order chi connectivity index (χ0) is 13.3. The molecule has 2 aromatic rings. The zero-order valence-corrected chi connectivity index (χ0v) is 12.6. The second-order valence-electron chi connectivity index (χ2n) is 3.61. The highest BCUT2D eigenvalue weighted by Gasteiger charge is 2.09. The minimum absolute atomic E-state index is 0.292. The molecule has 3 N–H and O–H groups in total. The molecule has 94 valence electrons. The lowest BCUT2D eigenvalue weighted by Gasteiger charge is -2.12. The van der Waals surface area contributed by atoms with Crippen molar-refractivity contribution in [1.82, 2.24) is 0 Å². The fourth-order valence-electron chi connectivity index (χ4n) is 1.44. The molecule has 0 spiro atoms. The average molecular weight is 397 g/mol. The van der Waals surface area contributed by atoms with Crippen LogP contribution < -0.4 is 11.1 Å². The Morgan fingerprint density at radius 3 is 2.28 bits per heavy atom. The van der Waals surface area contributed by atoms with Crippen molar-refractivity contribution < 1.29 is 4.39 Å². The number of nitrogen functional groups attached to an aromatic ring is 1. The van der Waals surface area contributed by atoms with Gasteiger partial charge in [-0.1, -0.05) is 23.2 Å². The van der Waals surface area contributed by atoms with Gasteiger partial charge in [-0.15, -0.1) is 0 Å². The molecule has 0 saturated heterocycles. The second kappa shape index (κ2) is 5.50. The summed E-state index contributed by atoms with van der Waals surface area (Å²) in [4.78, 5) is 0. The van der Waals surface area contributed by atoms with E-state index in [9.17, 15) is 4.39 Å². The summed E-state index contributed by atoms with van der Waals surface area (Å²) >= 11 is 14.2. The SMILES string of the molecule is Nc1cc(Cl)c(Nc2ccc(F)cc2I)c(Cl)c1. The molecule has 0 saturated carbocycles. The van der Waals surface area contributed by atoms with E-state index in [0.29, 0.717) is 21.4 Å². The van der Waals surface area contributed by atoms with Gasteiger partial charge in [-0.25, -0.2) is 4.39 Å². The standard InChI is InChI=1S/C12H8Cl2FIN2/c13-8-4-7(17)5-9(14)12(8)18-11-2-1-6(15)3-10(11)16/h1-5,18H,17H2. The number of benzene rings is 2. The maximum Gasteiger partial charge on any atom is 0.124 e. The maximum absolute atomic E-state index is 13.0. The van der Waals surface area contributed by atoms with Crippen LogP contribution in [-0.4, -0.2) is 0 Å². The van der Waals surface area contributed by atoms with Crippen molar-refractivity contribution in [3.63, 3.8) is 0 Å². The van der Waals surface area contributed by atoms with Crippen LogP contribution in [0.5, 0.6) is 0 Å². The van der Waals surface area contributed by atoms with Crippen LogP contribution in [0.25, 0.3) is 0 Å². The molecule has 0 aliphatic heterocycles. The fraction of sp³-hybridized carbons (Fsp3) is 0. The third-order valence-electron chi connectivity index (χ3n) is 2.26. The Hall–Kier alpha value is -0.720. The van der Waals surface area contributed by atoms with E-state index in [1.807, 2.05) is 22.6 Å². The smallest absolute Gasteiger partial charge is 0.124 e. The minimum Gasteiger partial charge on any atom is -0.399 e. The van der Waals surface area contributed by atoms with Gasteiger partial charge in [0.2, 0.25) is 0 Å². The average Bonchev–Trinajstić information content (AvgIpc) is 2.25. The van der Waals surface area contributed by atoms with E-state index in [4.69, 9.17) is 28.9 Å². The fourth-order valence-corrected chi connectivity index (χ4v) is 2.65. The molecule has 18 heavy (non-hydrogen) atoms. The quantitative estimate of drug-likeness (QED) is 0.549. The van der Waals surface area contributed by atoms with Crippen LogP contribution in [-0.2, 0) is 0 Å². The molecule has 6 heteroatoms. The molecule has 2 rings (SSSR count). The highest BCUT2D eigenvalue weighted by atomic mass is 127. The Bertz CT molecular complexity index is 582. The molecule has 2 aromatic carbocycles. The number of rotatable bonds is 2. The Morgan fingerprint density at radius 2 is 1.72 bits per heavy atom. The summed E-state index contributed by atoms with van der Waals surface area (Å²) < 4.78 is 13.7. The van der Waals surface area contributed by atoms with Crippen LogP contribution in [0.4, 0.5) is 21.5 Å². The molecule has 2 nitrogen and oxygen atoms in total. The zero-order valence-electron chi connectivity index (χ0n) is 8.98. The van der Waals surface area contributed by atoms with Crippen molar-refractivity contribution in [2.75, 3.05) is 11.1 Å². The lowest BCUT2D eigenvalue weighted by molar-refractivity contribution is 0.627. The van der Waals surface area contributed by atoms with E-state index in [1.54, 1.807) is 18.2 Å². The lowest BCUT2D eigenvalue weighted by atomic mass is 10.2. The molecule has 0 heterocycles. The van der Waals surface area contributed by atoms with Gasteiger partial charge in [0, 0.05) is 9.26 Å². The van der Waals surface area contributed by atoms with Gasteiger partial charge in [-0.05, 0) is 52.9 Å². The Kier molecular flexibility index (Phi) is 4.19. The van der Waals surface area contributed by atoms with Crippen LogP contribution in [0.1, 0.15) is 0 Å². The summed E-state index contributed by atoms with van der Waals surface area (Å²) in [5, 5.41) is 3.90. The molecular weight excluding hydrogens is 389 g/mol. The molecule has 0 bridgehead atoms. The third kappa shape index (κ3) is 2.99. The predicted molar refractivity (Wildman–Crippen MR) is 83.3 cm³/mol. The van der Waals surface area contributed by atoms with Crippen molar-refractivity contribution in [1.29, 1.82) is 0 Å². The van der Waals surface area contributed by atoms with Gasteiger partial charge in [0.25, 0.3) is 0 Å². The second-order valence-corrected chi connectivity index (χ2v) is 5.59. The van der Waals surface area contributed by atoms with Crippen molar-refractivity contribution >= 4 is 62.9 Å². The highest BCUT2D eigenvalue weighted by molar-refractivity contribution is 14.1. The van der Waals surface area contributed by atoms with Crippen molar-refractivity contribution in [3.05, 3.63) is 49.8 Å². The van der Waals surface area contributed by atoms with E-state index in [0.717, 1.165) is 9.26 Å². The van der Waals surface area contributed by atoms with Gasteiger partial charge in [0.15, 0.2) is 0 Å². The normalized spacial score (nSPS) is 10.4. The van der Waals surface area contributed by atoms with Gasteiger partial charge >= 0.3 is 0 Å². The van der Waals surface area contributed by atoms with Crippen LogP contribution in [0.3, 0.4) is 0 Å². The van der Waals surface area contributed by atoms with Gasteiger partial charge in [0.1, 0.15) is 5.82 Å². The van der Waals surface area contributed by atoms with Crippen LogP contribution in [0.2, 0.25) is 10.0 Å². The monoisotopic (exact) mass is 396 g/mol. The predicted octanol–water partition coefficient (Wildman–Crippen LogP) is 5.06. The van der Waals surface area contributed by atoms with Crippen molar-refractivity contribution in [2.45, 2.75) is 0 Å². The lowest BCUT2D eigenvalue weighted by Crippen LogP contribution is -1.96. The topological polar surface area (TPSA) is 38.0 Å². The number of hydrogen-bond donors (Lipinski definition) is 2. The third-order valence-corrected chi connectivity index (χ3v) is 3.74. The molecule has 0 atom stereocenters. The summed E-state index contributed by atoms with van der Waals surface area (Å²) in [6.45, 7) is 0. The molecule has 0 aliphatic rings. The Balaban J connectivity index is 2.40. The summed E-state index contributed by atoms with van der Waals surface area (Å²) in [6, 6.07) is 7.62. The first kappa shape index (κ1) is 13.7. The Labute approximate surface area is 127 Å². The van der Waals surface area contributed by atoms with Gasteiger partial charge in [0.05, 0.1) is 21.4 Å². The van der Waals surface area contributed by atoms with Crippen LogP contribution in [0, 0.1) is 9.39 Å². The minimum atomic E-state index is -0.292. The number of nitrogens with one attached hydrogen (secondary N) is 1. The van der Waals surface area contributed by atoms with Crippen molar-refractivity contribution in [2.24, 2.45) is 0 Å². The highest BCUT2D eigenvalue weighted by Crippen LogP contribution is 2.36. The van der Waals surface area contributed by atoms with Crippen LogP contribution >= 0.6 is 45.8 Å². The number of hydrogen-bond acceptors (Lipinski definition) is 2. The van der Waals surface area contributed by atoms with E-state index in [-0.39, 0.29) is 5.82 Å². The maximum atomic E-state index is 13.0. The molecule has 0 aromatic heterocycles. The molecular formula is C12H8Cl2FIN2. The molecule has 0 aliphatic carbocycles. The molecule has 0 fully saturated rings. The van der Waals surface area contributed by atoms with Crippen molar-refractivity contribution in [3.8, 4) is 0 Å². The Morgan fingerprint density at radius 1 is 1.11 bits per heavy atom. The van der Waals surface area contributed by atoms with E-state index >= 15 is 0 Å². The molecule has 0 radical (unpaired) electrons. The van der Waals surface area contributed by atoms with Gasteiger partial charge in [-0.2, -0.15) is 0 Å². The summed E-state index contributed by atoms with van der Waals surface area (Å²) in [5.41, 5.74) is 7.39. The first-order valence-electron chi connectivity index (χ1n) is 4.94. The number of anilines is 3. The largest absolute Gasteiger partial charge is 0.399 e. The van der Waals surface area contributed by atoms with Gasteiger partial charge in [-0.3, -0.25) is 0 Å². The molecule has 0 unspecified atom stereocenters. The first-order chi connectivity index (χ1) is 8.47. The number of nitrogens with two attached hydrogens (primary N) is 1. The van der Waals surface area contributed by atoms with E-state index < -0.39 is 0 Å². The molecule has 0 amide bonds. The van der Waals surface area contributed by atoms with E-state index in [1.165, 1.54) is 12.1 Å². The van der Waals surface area contributed by atoms with E-state index in [2.05, 4.69) is 5.32 Å².